The average molecular weight is 316 g/mol. The molecule has 0 unspecified atom stereocenters. The minimum Gasteiger partial charge on any atom is -0.358 e. The fraction of sp³-hybridized carbons (Fsp3) is 0.412. The van der Waals surface area contributed by atoms with E-state index in [4.69, 9.17) is 0 Å². The molecule has 0 spiro atoms. The molecule has 122 valence electrons. The molecule has 1 aliphatic heterocycles. The molecule has 2 heterocycles. The Kier molecular flexibility index (Phi) is 4.17. The maximum absolute atomic E-state index is 13.8. The lowest BCUT2D eigenvalue weighted by molar-refractivity contribution is 0.0956. The Morgan fingerprint density at radius 1 is 1.35 bits per heavy atom. The van der Waals surface area contributed by atoms with Gasteiger partial charge in [-0.1, -0.05) is 13.3 Å². The smallest absolute Gasteiger partial charge is 0.272 e. The summed E-state index contributed by atoms with van der Waals surface area (Å²) < 4.78 is 13.8. The summed E-state index contributed by atoms with van der Waals surface area (Å²) in [5.41, 5.74) is 6.10. The van der Waals surface area contributed by atoms with Gasteiger partial charge >= 0.3 is 0 Å². The number of H-pyrrole nitrogens is 1. The van der Waals surface area contributed by atoms with Crippen LogP contribution in [0.4, 0.5) is 4.39 Å². The highest BCUT2D eigenvalue weighted by Gasteiger charge is 2.25. The summed E-state index contributed by atoms with van der Waals surface area (Å²) in [6, 6.07) is 2.69. The Hall–Kier alpha value is -2.21. The maximum atomic E-state index is 13.8. The molecule has 0 atom stereocenters. The van der Waals surface area contributed by atoms with Crippen LogP contribution in [0.3, 0.4) is 0 Å². The van der Waals surface area contributed by atoms with Crippen molar-refractivity contribution in [2.45, 2.75) is 26.7 Å². The number of aromatic nitrogens is 1. The Balaban J connectivity index is 2.08. The van der Waals surface area contributed by atoms with Crippen molar-refractivity contribution in [3.05, 3.63) is 34.8 Å². The van der Waals surface area contributed by atoms with Crippen LogP contribution in [0.15, 0.2) is 17.2 Å². The number of carbonyl (C=O) groups excluding carboxylic acids is 1. The summed E-state index contributed by atoms with van der Waals surface area (Å²) in [6.07, 6.45) is 2.24. The zero-order valence-electron chi connectivity index (χ0n) is 13.7. The summed E-state index contributed by atoms with van der Waals surface area (Å²) >= 11 is 0. The number of likely N-dealkylation sites (N-methyl/N-ethyl adjacent to an activating group) is 1. The number of hydrazone groups is 1. The average Bonchev–Trinajstić information content (AvgIpc) is 2.76. The topological polar surface area (TPSA) is 60.5 Å². The maximum Gasteiger partial charge on any atom is 0.272 e. The summed E-state index contributed by atoms with van der Waals surface area (Å²) in [5.74, 6) is -0.806. The van der Waals surface area contributed by atoms with Crippen LogP contribution in [0, 0.1) is 12.7 Å². The van der Waals surface area contributed by atoms with Crippen LogP contribution in [0.1, 0.15) is 41.4 Å². The fourth-order valence-corrected chi connectivity index (χ4v) is 3.08. The molecule has 1 amide bonds. The molecule has 5 nitrogen and oxygen atoms in total. The molecule has 0 bridgehead atoms. The van der Waals surface area contributed by atoms with Gasteiger partial charge in [0.1, 0.15) is 5.82 Å². The summed E-state index contributed by atoms with van der Waals surface area (Å²) in [5, 5.41) is 5.04. The van der Waals surface area contributed by atoms with Crippen molar-refractivity contribution in [1.29, 1.82) is 0 Å². The third-order valence-electron chi connectivity index (χ3n) is 4.19. The first-order valence-electron chi connectivity index (χ1n) is 7.89. The first-order valence-corrected chi connectivity index (χ1v) is 7.89. The van der Waals surface area contributed by atoms with Gasteiger partial charge in [-0.15, -0.1) is 0 Å². The van der Waals surface area contributed by atoms with Crippen LogP contribution in [-0.4, -0.2) is 41.6 Å². The Bertz CT molecular complexity index is 793. The number of aromatic amines is 1. The zero-order chi connectivity index (χ0) is 16.6. The van der Waals surface area contributed by atoms with Gasteiger partial charge in [0.25, 0.3) is 5.91 Å². The second kappa shape index (κ2) is 6.12. The zero-order valence-corrected chi connectivity index (χ0v) is 13.7. The van der Waals surface area contributed by atoms with E-state index in [1.807, 2.05) is 14.0 Å². The Morgan fingerprint density at radius 3 is 2.87 bits per heavy atom. The SMILES string of the molecule is CCCCN(C)CC1=NNC(=O)c2cc(F)cc3[nH]c(C)c1c23. The summed E-state index contributed by atoms with van der Waals surface area (Å²) in [6.45, 7) is 5.67. The molecule has 0 radical (unpaired) electrons. The van der Waals surface area contributed by atoms with Crippen molar-refractivity contribution in [2.24, 2.45) is 5.10 Å². The summed E-state index contributed by atoms with van der Waals surface area (Å²) in [7, 11) is 2.04. The molecule has 2 N–H and O–H groups in total. The largest absolute Gasteiger partial charge is 0.358 e. The summed E-state index contributed by atoms with van der Waals surface area (Å²) in [4.78, 5) is 17.6. The minimum absolute atomic E-state index is 0.328. The lowest BCUT2D eigenvalue weighted by Crippen LogP contribution is -2.29. The van der Waals surface area contributed by atoms with Crippen LogP contribution in [-0.2, 0) is 0 Å². The normalized spacial score (nSPS) is 14.1. The van der Waals surface area contributed by atoms with Crippen LogP contribution in [0.5, 0.6) is 0 Å². The number of nitrogens with one attached hydrogen (secondary N) is 2. The second-order valence-electron chi connectivity index (χ2n) is 6.09. The lowest BCUT2D eigenvalue weighted by atomic mass is 10.0. The number of aryl methyl sites for hydroxylation is 1. The predicted molar refractivity (Wildman–Crippen MR) is 89.4 cm³/mol. The highest BCUT2D eigenvalue weighted by molar-refractivity contribution is 6.20. The van der Waals surface area contributed by atoms with Crippen LogP contribution >= 0.6 is 0 Å². The van der Waals surface area contributed by atoms with Crippen molar-refractivity contribution < 1.29 is 9.18 Å². The number of hydrogen-bond donors (Lipinski definition) is 2. The predicted octanol–water partition coefficient (Wildman–Crippen LogP) is 2.79. The molecule has 0 aliphatic carbocycles. The fourth-order valence-electron chi connectivity index (χ4n) is 3.08. The van der Waals surface area contributed by atoms with E-state index in [2.05, 4.69) is 27.3 Å². The number of benzene rings is 1. The Labute approximate surface area is 134 Å². The standard InChI is InChI=1S/C17H21FN4O/c1-4-5-6-22(3)9-14-15-10(2)19-13-8-11(18)7-12(16(13)15)17(23)21-20-14/h7-8,19H,4-6,9H2,1-3H3,(H,21,23). The molecule has 6 heteroatoms. The quantitative estimate of drug-likeness (QED) is 0.891. The minimum atomic E-state index is -0.432. The van der Waals surface area contributed by atoms with Crippen molar-refractivity contribution >= 4 is 22.5 Å². The van der Waals surface area contributed by atoms with Gasteiger partial charge in [0.15, 0.2) is 0 Å². The molecule has 0 saturated carbocycles. The van der Waals surface area contributed by atoms with Gasteiger partial charge in [-0.05, 0) is 39.1 Å². The highest BCUT2D eigenvalue weighted by atomic mass is 19.1. The molecular formula is C17H21FN4O. The molecule has 1 aliphatic rings. The molecule has 23 heavy (non-hydrogen) atoms. The van der Waals surface area contributed by atoms with Gasteiger partial charge in [-0.2, -0.15) is 5.10 Å². The van der Waals surface area contributed by atoms with E-state index in [-0.39, 0.29) is 5.91 Å². The number of hydrogen-bond acceptors (Lipinski definition) is 3. The van der Waals surface area contributed by atoms with Gasteiger partial charge in [0.2, 0.25) is 0 Å². The monoisotopic (exact) mass is 316 g/mol. The van der Waals surface area contributed by atoms with E-state index in [1.54, 1.807) is 0 Å². The van der Waals surface area contributed by atoms with Crippen LogP contribution in [0.2, 0.25) is 0 Å². The van der Waals surface area contributed by atoms with E-state index in [1.165, 1.54) is 12.1 Å². The van der Waals surface area contributed by atoms with E-state index in [0.29, 0.717) is 17.6 Å². The van der Waals surface area contributed by atoms with E-state index < -0.39 is 5.82 Å². The van der Waals surface area contributed by atoms with Crippen LogP contribution in [0.25, 0.3) is 10.9 Å². The van der Waals surface area contributed by atoms with E-state index >= 15 is 0 Å². The van der Waals surface area contributed by atoms with Crippen molar-refractivity contribution in [3.63, 3.8) is 0 Å². The first kappa shape index (κ1) is 15.7. The van der Waals surface area contributed by atoms with E-state index in [0.717, 1.165) is 41.7 Å². The van der Waals surface area contributed by atoms with E-state index in [9.17, 15) is 9.18 Å². The molecular weight excluding hydrogens is 295 g/mol. The second-order valence-corrected chi connectivity index (χ2v) is 6.09. The molecule has 1 aromatic carbocycles. The Morgan fingerprint density at radius 2 is 2.13 bits per heavy atom. The van der Waals surface area contributed by atoms with Gasteiger partial charge < -0.3 is 9.88 Å². The third-order valence-corrected chi connectivity index (χ3v) is 4.19. The van der Waals surface area contributed by atoms with Crippen molar-refractivity contribution in [1.82, 2.24) is 15.3 Å². The van der Waals surface area contributed by atoms with Crippen molar-refractivity contribution in [2.75, 3.05) is 20.1 Å². The van der Waals surface area contributed by atoms with Gasteiger partial charge in [-0.3, -0.25) is 4.79 Å². The number of carbonyl (C=O) groups is 1. The highest BCUT2D eigenvalue weighted by Crippen LogP contribution is 2.29. The van der Waals surface area contributed by atoms with Crippen molar-refractivity contribution in [3.8, 4) is 0 Å². The molecule has 0 fully saturated rings. The molecule has 1 aromatic heterocycles. The number of halogens is 1. The number of unbranched alkanes of at least 4 members (excludes halogenated alkanes) is 1. The molecule has 3 rings (SSSR count). The van der Waals surface area contributed by atoms with Gasteiger partial charge in [0.05, 0.1) is 11.3 Å². The number of nitrogens with zero attached hydrogens (tertiary/aromatic N) is 2. The van der Waals surface area contributed by atoms with Gasteiger partial charge in [-0.25, -0.2) is 9.82 Å². The third kappa shape index (κ3) is 2.86. The number of rotatable bonds is 5. The lowest BCUT2D eigenvalue weighted by Gasteiger charge is -2.17. The number of amides is 1. The van der Waals surface area contributed by atoms with Gasteiger partial charge in [0, 0.05) is 28.7 Å². The molecule has 0 saturated heterocycles. The first-order chi connectivity index (χ1) is 11.0. The molecule has 2 aromatic rings. The van der Waals surface area contributed by atoms with Crippen LogP contribution < -0.4 is 5.43 Å².